The van der Waals surface area contributed by atoms with E-state index in [1.807, 2.05) is 12.1 Å². The van der Waals surface area contributed by atoms with Crippen molar-refractivity contribution in [2.24, 2.45) is 5.11 Å². The first-order valence-corrected chi connectivity index (χ1v) is 6.09. The van der Waals surface area contributed by atoms with E-state index in [-0.39, 0.29) is 0 Å². The molecular formula is C13H19N3O. The van der Waals surface area contributed by atoms with Crippen LogP contribution in [0.2, 0.25) is 0 Å². The molecular weight excluding hydrogens is 214 g/mol. The highest BCUT2D eigenvalue weighted by molar-refractivity contribution is 5.27. The second kappa shape index (κ2) is 8.48. The van der Waals surface area contributed by atoms with E-state index >= 15 is 0 Å². The average Bonchev–Trinajstić information content (AvgIpc) is 2.37. The maximum Gasteiger partial charge on any atom is 0.119 e. The molecule has 17 heavy (non-hydrogen) atoms. The van der Waals surface area contributed by atoms with E-state index < -0.39 is 0 Å². The summed E-state index contributed by atoms with van der Waals surface area (Å²) in [4.78, 5) is 2.69. The quantitative estimate of drug-likeness (QED) is 0.288. The van der Waals surface area contributed by atoms with Crippen LogP contribution in [0.4, 0.5) is 0 Å². The molecule has 0 aliphatic heterocycles. The molecule has 1 rings (SSSR count). The van der Waals surface area contributed by atoms with Gasteiger partial charge in [0.1, 0.15) is 5.75 Å². The van der Waals surface area contributed by atoms with Crippen LogP contribution in [0.25, 0.3) is 10.4 Å². The van der Waals surface area contributed by atoms with E-state index in [0.717, 1.165) is 18.6 Å². The van der Waals surface area contributed by atoms with E-state index in [1.165, 1.54) is 18.4 Å². The van der Waals surface area contributed by atoms with Gasteiger partial charge in [0.05, 0.1) is 6.61 Å². The van der Waals surface area contributed by atoms with Crippen LogP contribution in [0.3, 0.4) is 0 Å². The summed E-state index contributed by atoms with van der Waals surface area (Å²) in [5.74, 6) is 0.881. The summed E-state index contributed by atoms with van der Waals surface area (Å²) in [6.07, 6.45) is 4.33. The summed E-state index contributed by atoms with van der Waals surface area (Å²) >= 11 is 0. The van der Waals surface area contributed by atoms with Crippen LogP contribution in [0.5, 0.6) is 5.75 Å². The van der Waals surface area contributed by atoms with E-state index in [4.69, 9.17) is 10.3 Å². The van der Waals surface area contributed by atoms with Crippen molar-refractivity contribution in [1.82, 2.24) is 0 Å². The Balaban J connectivity index is 2.27. The number of benzene rings is 1. The van der Waals surface area contributed by atoms with Gasteiger partial charge in [-0.15, -0.1) is 0 Å². The third-order valence-corrected chi connectivity index (χ3v) is 2.48. The third-order valence-electron chi connectivity index (χ3n) is 2.48. The van der Waals surface area contributed by atoms with Crippen molar-refractivity contribution >= 4 is 0 Å². The molecule has 0 unspecified atom stereocenters. The van der Waals surface area contributed by atoms with Crippen molar-refractivity contribution in [2.45, 2.75) is 32.6 Å². The van der Waals surface area contributed by atoms with Gasteiger partial charge in [-0.2, -0.15) is 0 Å². The number of aryl methyl sites for hydroxylation is 1. The minimum atomic E-state index is 0.491. The fourth-order valence-electron chi connectivity index (χ4n) is 1.50. The molecule has 4 heteroatoms. The highest BCUT2D eigenvalue weighted by atomic mass is 16.5. The maximum atomic E-state index is 8.10. The fraction of sp³-hybridized carbons (Fsp3) is 0.538. The van der Waals surface area contributed by atoms with Crippen LogP contribution >= 0.6 is 0 Å². The van der Waals surface area contributed by atoms with Crippen LogP contribution in [0.1, 0.15) is 31.7 Å². The summed E-state index contributed by atoms with van der Waals surface area (Å²) in [5.41, 5.74) is 9.46. The molecule has 0 amide bonds. The molecule has 0 aliphatic rings. The van der Waals surface area contributed by atoms with Crippen molar-refractivity contribution in [2.75, 3.05) is 13.2 Å². The highest BCUT2D eigenvalue weighted by Gasteiger charge is 1.95. The number of unbranched alkanes of at least 4 members (excludes halogenated alkanes) is 1. The molecule has 0 saturated heterocycles. The summed E-state index contributed by atoms with van der Waals surface area (Å²) in [5, 5.41) is 3.45. The molecule has 1 aromatic rings. The minimum absolute atomic E-state index is 0.491. The second-order valence-electron chi connectivity index (χ2n) is 3.90. The molecule has 4 nitrogen and oxygen atoms in total. The molecule has 0 aromatic heterocycles. The zero-order chi connectivity index (χ0) is 12.3. The Morgan fingerprint density at radius 1 is 1.24 bits per heavy atom. The molecule has 0 aliphatic carbocycles. The lowest BCUT2D eigenvalue weighted by atomic mass is 10.1. The summed E-state index contributed by atoms with van der Waals surface area (Å²) < 4.78 is 5.53. The minimum Gasteiger partial charge on any atom is -0.494 e. The SMILES string of the molecule is CCCCc1ccc(OCCCN=[N+]=[N-])cc1. The first-order chi connectivity index (χ1) is 8.36. The summed E-state index contributed by atoms with van der Waals surface area (Å²) in [7, 11) is 0. The van der Waals surface area contributed by atoms with E-state index in [0.29, 0.717) is 13.2 Å². The smallest absolute Gasteiger partial charge is 0.119 e. The first kappa shape index (κ1) is 13.4. The van der Waals surface area contributed by atoms with Crippen LogP contribution in [-0.4, -0.2) is 13.2 Å². The van der Waals surface area contributed by atoms with E-state index in [2.05, 4.69) is 29.1 Å². The number of nitrogens with zero attached hydrogens (tertiary/aromatic N) is 3. The van der Waals surface area contributed by atoms with Crippen LogP contribution in [0.15, 0.2) is 29.4 Å². The fourth-order valence-corrected chi connectivity index (χ4v) is 1.50. The summed E-state index contributed by atoms with van der Waals surface area (Å²) in [6, 6.07) is 8.22. The zero-order valence-electron chi connectivity index (χ0n) is 10.3. The Bertz CT molecular complexity index is 355. The predicted octanol–water partition coefficient (Wildman–Crippen LogP) is 4.11. The molecule has 0 radical (unpaired) electrons. The third kappa shape index (κ3) is 5.83. The lowest BCUT2D eigenvalue weighted by Gasteiger charge is -2.06. The van der Waals surface area contributed by atoms with Crippen molar-refractivity contribution < 1.29 is 4.74 Å². The Morgan fingerprint density at radius 2 is 2.00 bits per heavy atom. The molecule has 0 heterocycles. The number of azide groups is 1. The topological polar surface area (TPSA) is 58.0 Å². The number of rotatable bonds is 8. The Labute approximate surface area is 102 Å². The van der Waals surface area contributed by atoms with Gasteiger partial charge < -0.3 is 4.74 Å². The van der Waals surface area contributed by atoms with Gasteiger partial charge in [0, 0.05) is 11.5 Å². The van der Waals surface area contributed by atoms with Crippen LogP contribution in [0, 0.1) is 0 Å². The number of hydrogen-bond donors (Lipinski definition) is 0. The molecule has 0 bridgehead atoms. The molecule has 0 atom stereocenters. The maximum absolute atomic E-state index is 8.10. The highest BCUT2D eigenvalue weighted by Crippen LogP contribution is 2.14. The number of ether oxygens (including phenoxy) is 1. The molecule has 92 valence electrons. The van der Waals surface area contributed by atoms with E-state index in [9.17, 15) is 0 Å². The van der Waals surface area contributed by atoms with Gasteiger partial charge in [0.2, 0.25) is 0 Å². The zero-order valence-corrected chi connectivity index (χ0v) is 10.3. The van der Waals surface area contributed by atoms with Crippen molar-refractivity contribution in [3.63, 3.8) is 0 Å². The summed E-state index contributed by atoms with van der Waals surface area (Å²) in [6.45, 7) is 3.28. The Kier molecular flexibility index (Phi) is 6.68. The molecule has 0 spiro atoms. The van der Waals surface area contributed by atoms with Crippen LogP contribution < -0.4 is 4.74 Å². The van der Waals surface area contributed by atoms with Crippen molar-refractivity contribution in [3.05, 3.63) is 40.3 Å². The lowest BCUT2D eigenvalue weighted by molar-refractivity contribution is 0.313. The van der Waals surface area contributed by atoms with Gasteiger partial charge in [0.15, 0.2) is 0 Å². The molecule has 0 N–H and O–H groups in total. The standard InChI is InChI=1S/C13H19N3O/c1-2-3-5-12-6-8-13(9-7-12)17-11-4-10-15-16-14/h6-9H,2-5,10-11H2,1H3. The average molecular weight is 233 g/mol. The lowest BCUT2D eigenvalue weighted by Crippen LogP contribution is -1.98. The van der Waals surface area contributed by atoms with Gasteiger partial charge in [0.25, 0.3) is 0 Å². The normalized spacial score (nSPS) is 9.71. The van der Waals surface area contributed by atoms with Gasteiger partial charge in [-0.3, -0.25) is 0 Å². The van der Waals surface area contributed by atoms with Gasteiger partial charge in [-0.1, -0.05) is 30.6 Å². The molecule has 0 saturated carbocycles. The van der Waals surface area contributed by atoms with E-state index in [1.54, 1.807) is 0 Å². The van der Waals surface area contributed by atoms with Crippen molar-refractivity contribution in [3.8, 4) is 5.75 Å². The van der Waals surface area contributed by atoms with Gasteiger partial charge >= 0.3 is 0 Å². The largest absolute Gasteiger partial charge is 0.494 e. The molecule has 0 fully saturated rings. The molecule has 1 aromatic carbocycles. The van der Waals surface area contributed by atoms with Gasteiger partial charge in [-0.25, -0.2) is 0 Å². The predicted molar refractivity (Wildman–Crippen MR) is 69.2 cm³/mol. The van der Waals surface area contributed by atoms with Crippen molar-refractivity contribution in [1.29, 1.82) is 0 Å². The van der Waals surface area contributed by atoms with Crippen LogP contribution in [-0.2, 0) is 6.42 Å². The monoisotopic (exact) mass is 233 g/mol. The number of hydrogen-bond acceptors (Lipinski definition) is 2. The Morgan fingerprint density at radius 3 is 2.65 bits per heavy atom. The Hall–Kier alpha value is -1.67. The second-order valence-corrected chi connectivity index (χ2v) is 3.90. The van der Waals surface area contributed by atoms with Gasteiger partial charge in [-0.05, 0) is 42.5 Å². The first-order valence-electron chi connectivity index (χ1n) is 6.09.